The van der Waals surface area contributed by atoms with Crippen molar-refractivity contribution in [2.24, 2.45) is 29.6 Å². The molecule has 1 N–H and O–H groups in total. The lowest BCUT2D eigenvalue weighted by molar-refractivity contribution is -0.172. The molecule has 0 aromatic rings. The van der Waals surface area contributed by atoms with Gasteiger partial charge >= 0.3 is 0 Å². The zero-order valence-corrected chi connectivity index (χ0v) is 10.4. The predicted molar refractivity (Wildman–Crippen MR) is 63.0 cm³/mol. The molecule has 4 rings (SSSR count). The Balaban J connectivity index is 1.66. The van der Waals surface area contributed by atoms with Gasteiger partial charge in [-0.3, -0.25) is 0 Å². The van der Waals surface area contributed by atoms with Crippen molar-refractivity contribution in [1.29, 1.82) is 0 Å². The summed E-state index contributed by atoms with van der Waals surface area (Å²) in [7, 11) is 0. The third-order valence-electron chi connectivity index (χ3n) is 4.94. The van der Waals surface area contributed by atoms with E-state index in [0.717, 1.165) is 18.4 Å². The molecule has 0 aromatic heterocycles. The van der Waals surface area contributed by atoms with Crippen molar-refractivity contribution in [2.75, 3.05) is 6.61 Å². The summed E-state index contributed by atoms with van der Waals surface area (Å²) >= 11 is 0. The highest BCUT2D eigenvalue weighted by Crippen LogP contribution is 2.54. The van der Waals surface area contributed by atoms with E-state index in [1.54, 1.807) is 0 Å². The summed E-state index contributed by atoms with van der Waals surface area (Å²) in [5.74, 6) is 3.35. The summed E-state index contributed by atoms with van der Waals surface area (Å²) in [5, 5.41) is 10.1. The van der Waals surface area contributed by atoms with Crippen LogP contribution in [0.5, 0.6) is 0 Å². The highest BCUT2D eigenvalue weighted by molar-refractivity contribution is 5.02. The molecule has 0 radical (unpaired) electrons. The van der Waals surface area contributed by atoms with E-state index in [-0.39, 0.29) is 6.10 Å². The molecule has 0 aliphatic heterocycles. The normalized spacial score (nSPS) is 50.2. The second-order valence-electron chi connectivity index (χ2n) is 6.67. The minimum atomic E-state index is 0.0125. The van der Waals surface area contributed by atoms with Crippen LogP contribution >= 0.6 is 0 Å². The molecule has 0 amide bonds. The fraction of sp³-hybridized carbons (Fsp3) is 1.00. The molecular formula is C14H24O2. The van der Waals surface area contributed by atoms with Crippen LogP contribution in [0.2, 0.25) is 0 Å². The number of rotatable bonds is 3. The van der Waals surface area contributed by atoms with Crippen LogP contribution < -0.4 is 0 Å². The highest BCUT2D eigenvalue weighted by Gasteiger charge is 2.52. The Labute approximate surface area is 98.4 Å². The van der Waals surface area contributed by atoms with Gasteiger partial charge in [0.2, 0.25) is 0 Å². The van der Waals surface area contributed by atoms with Gasteiger partial charge in [-0.05, 0) is 55.3 Å². The van der Waals surface area contributed by atoms with Crippen LogP contribution in [0.1, 0.15) is 39.5 Å². The van der Waals surface area contributed by atoms with E-state index >= 15 is 0 Å². The molecule has 4 aliphatic carbocycles. The average Bonchev–Trinajstić information content (AvgIpc) is 2.21. The molecule has 92 valence electrons. The molecule has 0 spiro atoms. The van der Waals surface area contributed by atoms with E-state index in [1.165, 1.54) is 25.7 Å². The van der Waals surface area contributed by atoms with Gasteiger partial charge in [0.1, 0.15) is 0 Å². The zero-order valence-electron chi connectivity index (χ0n) is 10.4. The SMILES string of the molecule is CC(C)COC1C2CC3CC1CC(C2)C3O. The molecule has 0 saturated heterocycles. The lowest BCUT2D eigenvalue weighted by Gasteiger charge is -2.56. The Morgan fingerprint density at radius 3 is 1.94 bits per heavy atom. The summed E-state index contributed by atoms with van der Waals surface area (Å²) in [6.07, 6.45) is 5.41. The molecule has 4 fully saturated rings. The molecule has 4 aliphatic rings. The minimum Gasteiger partial charge on any atom is -0.393 e. The van der Waals surface area contributed by atoms with E-state index in [9.17, 15) is 5.11 Å². The van der Waals surface area contributed by atoms with Gasteiger partial charge in [0.15, 0.2) is 0 Å². The molecule has 0 atom stereocenters. The Morgan fingerprint density at radius 1 is 1.00 bits per heavy atom. The summed E-state index contributed by atoms with van der Waals surface area (Å²) in [4.78, 5) is 0. The lowest BCUT2D eigenvalue weighted by Crippen LogP contribution is -2.55. The van der Waals surface area contributed by atoms with Crippen molar-refractivity contribution in [3.63, 3.8) is 0 Å². The smallest absolute Gasteiger partial charge is 0.0632 e. The molecule has 0 unspecified atom stereocenters. The number of aliphatic hydroxyl groups excluding tert-OH is 1. The fourth-order valence-electron chi connectivity index (χ4n) is 4.38. The molecule has 4 bridgehead atoms. The van der Waals surface area contributed by atoms with Crippen LogP contribution in [0.3, 0.4) is 0 Å². The molecule has 16 heavy (non-hydrogen) atoms. The molecule has 0 heterocycles. The molecule has 2 heteroatoms. The Hall–Kier alpha value is -0.0800. The first kappa shape index (κ1) is 11.0. The number of aliphatic hydroxyl groups is 1. The van der Waals surface area contributed by atoms with Gasteiger partial charge in [0, 0.05) is 6.61 Å². The van der Waals surface area contributed by atoms with E-state index in [1.807, 2.05) is 0 Å². The van der Waals surface area contributed by atoms with E-state index < -0.39 is 0 Å². The second-order valence-corrected chi connectivity index (χ2v) is 6.67. The van der Waals surface area contributed by atoms with Gasteiger partial charge in [0.05, 0.1) is 12.2 Å². The fourth-order valence-corrected chi connectivity index (χ4v) is 4.38. The predicted octanol–water partition coefficient (Wildman–Crippen LogP) is 2.45. The van der Waals surface area contributed by atoms with Crippen molar-refractivity contribution >= 4 is 0 Å². The lowest BCUT2D eigenvalue weighted by atomic mass is 9.53. The third-order valence-corrected chi connectivity index (χ3v) is 4.94. The zero-order chi connectivity index (χ0) is 11.3. The summed E-state index contributed by atoms with van der Waals surface area (Å²) in [6.45, 7) is 5.36. The van der Waals surface area contributed by atoms with Gasteiger partial charge in [-0.2, -0.15) is 0 Å². The molecule has 4 saturated carbocycles. The average molecular weight is 224 g/mol. The van der Waals surface area contributed by atoms with Crippen LogP contribution in [0.25, 0.3) is 0 Å². The third kappa shape index (κ3) is 1.70. The highest BCUT2D eigenvalue weighted by atomic mass is 16.5. The van der Waals surface area contributed by atoms with E-state index in [4.69, 9.17) is 4.74 Å². The van der Waals surface area contributed by atoms with Crippen molar-refractivity contribution in [1.82, 2.24) is 0 Å². The molecule has 0 aromatic carbocycles. The Kier molecular flexibility index (Phi) is 2.75. The van der Waals surface area contributed by atoms with Gasteiger partial charge in [-0.1, -0.05) is 13.8 Å². The van der Waals surface area contributed by atoms with Gasteiger partial charge < -0.3 is 9.84 Å². The first-order chi connectivity index (χ1) is 7.65. The minimum absolute atomic E-state index is 0.0125. The van der Waals surface area contributed by atoms with Crippen LogP contribution in [0.15, 0.2) is 0 Å². The van der Waals surface area contributed by atoms with Gasteiger partial charge in [-0.25, -0.2) is 0 Å². The molecular weight excluding hydrogens is 200 g/mol. The molecule has 2 nitrogen and oxygen atoms in total. The monoisotopic (exact) mass is 224 g/mol. The van der Waals surface area contributed by atoms with Gasteiger partial charge in [0.25, 0.3) is 0 Å². The topological polar surface area (TPSA) is 29.5 Å². The number of hydrogen-bond donors (Lipinski definition) is 1. The largest absolute Gasteiger partial charge is 0.393 e. The maximum absolute atomic E-state index is 10.1. The quantitative estimate of drug-likeness (QED) is 0.798. The Morgan fingerprint density at radius 2 is 1.50 bits per heavy atom. The van der Waals surface area contributed by atoms with E-state index in [0.29, 0.717) is 23.9 Å². The second kappa shape index (κ2) is 3.99. The van der Waals surface area contributed by atoms with Crippen molar-refractivity contribution in [3.8, 4) is 0 Å². The number of hydrogen-bond acceptors (Lipinski definition) is 2. The first-order valence-electron chi connectivity index (χ1n) is 6.94. The van der Waals surface area contributed by atoms with Crippen molar-refractivity contribution in [3.05, 3.63) is 0 Å². The Bertz CT molecular complexity index is 231. The van der Waals surface area contributed by atoms with Crippen molar-refractivity contribution in [2.45, 2.75) is 51.7 Å². The number of ether oxygens (including phenoxy) is 1. The van der Waals surface area contributed by atoms with E-state index in [2.05, 4.69) is 13.8 Å². The maximum atomic E-state index is 10.1. The standard InChI is InChI=1S/C14H24O2/c1-8(2)7-16-14-11-3-9-4-12(14)6-10(5-11)13(9)15/h8-15H,3-7H2,1-2H3. The van der Waals surface area contributed by atoms with Crippen LogP contribution in [-0.2, 0) is 4.74 Å². The maximum Gasteiger partial charge on any atom is 0.0632 e. The first-order valence-corrected chi connectivity index (χ1v) is 6.94. The summed E-state index contributed by atoms with van der Waals surface area (Å²) < 4.78 is 6.13. The van der Waals surface area contributed by atoms with Crippen LogP contribution in [0.4, 0.5) is 0 Å². The van der Waals surface area contributed by atoms with Crippen LogP contribution in [-0.4, -0.2) is 23.9 Å². The summed E-state index contributed by atoms with van der Waals surface area (Å²) in [5.41, 5.74) is 0. The van der Waals surface area contributed by atoms with Crippen LogP contribution in [0, 0.1) is 29.6 Å². The van der Waals surface area contributed by atoms with Crippen molar-refractivity contribution < 1.29 is 9.84 Å². The van der Waals surface area contributed by atoms with Gasteiger partial charge in [-0.15, -0.1) is 0 Å². The summed E-state index contributed by atoms with van der Waals surface area (Å²) in [6, 6.07) is 0.